The number of nitrogens with one attached hydrogen (secondary N) is 2. The van der Waals surface area contributed by atoms with E-state index < -0.39 is 0 Å². The average Bonchev–Trinajstić information content (AvgIpc) is 2.81. The van der Waals surface area contributed by atoms with Gasteiger partial charge in [-0.3, -0.25) is 19.6 Å². The molecule has 2 saturated heterocycles. The molecule has 0 bridgehead atoms. The van der Waals surface area contributed by atoms with E-state index in [4.69, 9.17) is 0 Å². The van der Waals surface area contributed by atoms with Crippen LogP contribution in [0.5, 0.6) is 0 Å². The molecule has 0 aromatic carbocycles. The van der Waals surface area contributed by atoms with Crippen molar-refractivity contribution >= 4 is 11.9 Å². The highest BCUT2D eigenvalue weighted by molar-refractivity contribution is 6.01. The molecule has 0 radical (unpaired) electrons. The van der Waals surface area contributed by atoms with E-state index in [1.165, 1.54) is 4.90 Å². The van der Waals surface area contributed by atoms with Crippen molar-refractivity contribution in [2.75, 3.05) is 32.7 Å². The number of carbonyl (C=O) groups excluding carboxylic acids is 2. The number of carbonyl (C=O) groups is 2. The van der Waals surface area contributed by atoms with Gasteiger partial charge in [0, 0.05) is 31.9 Å². The molecule has 2 fully saturated rings. The zero-order valence-corrected chi connectivity index (χ0v) is 13.9. The lowest BCUT2D eigenvalue weighted by atomic mass is 10.1. The van der Waals surface area contributed by atoms with E-state index in [-0.39, 0.29) is 18.5 Å². The summed E-state index contributed by atoms with van der Waals surface area (Å²) in [5.41, 5.74) is 1.02. The zero-order valence-electron chi connectivity index (χ0n) is 13.9. The van der Waals surface area contributed by atoms with E-state index >= 15 is 0 Å². The van der Waals surface area contributed by atoms with Gasteiger partial charge in [-0.1, -0.05) is 6.07 Å². The Morgan fingerprint density at radius 1 is 1.25 bits per heavy atom. The number of imide groups is 1. The molecule has 130 valence electrons. The van der Waals surface area contributed by atoms with Gasteiger partial charge in [0.15, 0.2) is 0 Å². The largest absolute Gasteiger partial charge is 0.329 e. The first-order valence-electron chi connectivity index (χ1n) is 8.67. The molecule has 0 unspecified atom stereocenters. The molecule has 7 nitrogen and oxygen atoms in total. The van der Waals surface area contributed by atoms with E-state index in [0.29, 0.717) is 19.1 Å². The van der Waals surface area contributed by atoms with Crippen molar-refractivity contribution in [1.82, 2.24) is 25.4 Å². The van der Waals surface area contributed by atoms with Crippen molar-refractivity contribution in [3.05, 3.63) is 30.1 Å². The second-order valence-electron chi connectivity index (χ2n) is 6.33. The van der Waals surface area contributed by atoms with Crippen LogP contribution in [0.1, 0.15) is 25.0 Å². The van der Waals surface area contributed by atoms with Gasteiger partial charge in [-0.2, -0.15) is 0 Å². The van der Waals surface area contributed by atoms with Crippen LogP contribution in [-0.2, 0) is 11.3 Å². The van der Waals surface area contributed by atoms with E-state index in [0.717, 1.165) is 44.6 Å². The Morgan fingerprint density at radius 3 is 2.92 bits per heavy atom. The van der Waals surface area contributed by atoms with Crippen molar-refractivity contribution in [2.45, 2.75) is 31.8 Å². The quantitative estimate of drug-likeness (QED) is 0.746. The first kappa shape index (κ1) is 16.9. The highest BCUT2D eigenvalue weighted by Gasteiger charge is 2.29. The number of nitrogens with zero attached hydrogens (tertiary/aromatic N) is 3. The van der Waals surface area contributed by atoms with Crippen LogP contribution in [0.2, 0.25) is 0 Å². The fourth-order valence-electron chi connectivity index (χ4n) is 3.37. The van der Waals surface area contributed by atoms with Gasteiger partial charge in [0.1, 0.15) is 0 Å². The predicted octanol–water partition coefficient (Wildman–Crippen LogP) is 0.577. The Kier molecular flexibility index (Phi) is 5.77. The van der Waals surface area contributed by atoms with Crippen molar-refractivity contribution in [2.24, 2.45) is 0 Å². The first-order chi connectivity index (χ1) is 11.7. The van der Waals surface area contributed by atoms with Gasteiger partial charge in [0.05, 0.1) is 12.2 Å². The lowest BCUT2D eigenvalue weighted by Gasteiger charge is -2.31. The molecule has 2 aliphatic heterocycles. The zero-order chi connectivity index (χ0) is 16.8. The number of aromatic nitrogens is 1. The molecule has 24 heavy (non-hydrogen) atoms. The molecule has 7 heteroatoms. The monoisotopic (exact) mass is 331 g/mol. The third-order valence-electron chi connectivity index (χ3n) is 4.70. The lowest BCUT2D eigenvalue weighted by Crippen LogP contribution is -2.43. The van der Waals surface area contributed by atoms with Gasteiger partial charge in [-0.25, -0.2) is 4.79 Å². The summed E-state index contributed by atoms with van der Waals surface area (Å²) >= 11 is 0. The van der Waals surface area contributed by atoms with Gasteiger partial charge in [0.25, 0.3) is 0 Å². The van der Waals surface area contributed by atoms with Crippen LogP contribution in [0.3, 0.4) is 0 Å². The van der Waals surface area contributed by atoms with Crippen molar-refractivity contribution in [3.63, 3.8) is 0 Å². The first-order valence-corrected chi connectivity index (χ1v) is 8.67. The summed E-state index contributed by atoms with van der Waals surface area (Å²) in [5.74, 6) is -0.139. The summed E-state index contributed by atoms with van der Waals surface area (Å²) in [6, 6.07) is 6.10. The van der Waals surface area contributed by atoms with E-state index in [9.17, 15) is 9.59 Å². The maximum Gasteiger partial charge on any atom is 0.324 e. The van der Waals surface area contributed by atoms with Gasteiger partial charge >= 0.3 is 6.03 Å². The molecule has 0 aliphatic carbocycles. The molecule has 2 N–H and O–H groups in total. The molecule has 1 atom stereocenters. The van der Waals surface area contributed by atoms with Gasteiger partial charge in [0.2, 0.25) is 5.91 Å². The van der Waals surface area contributed by atoms with Crippen LogP contribution < -0.4 is 10.6 Å². The topological polar surface area (TPSA) is 77.6 Å². The van der Waals surface area contributed by atoms with Crippen LogP contribution in [-0.4, -0.2) is 65.5 Å². The number of hydrogen-bond donors (Lipinski definition) is 2. The number of rotatable bonds is 6. The van der Waals surface area contributed by atoms with Crippen LogP contribution >= 0.6 is 0 Å². The van der Waals surface area contributed by atoms with Crippen LogP contribution in [0.15, 0.2) is 24.4 Å². The summed E-state index contributed by atoms with van der Waals surface area (Å²) in [6.07, 6.45) is 5.15. The Hall–Kier alpha value is -1.99. The molecular formula is C17H25N5O2. The SMILES string of the molecule is O=C1CNC(=O)N1CCN(Cc1ccccn1)[C@H]1CCCNCC1. The molecular weight excluding hydrogens is 306 g/mol. The lowest BCUT2D eigenvalue weighted by molar-refractivity contribution is -0.125. The molecule has 2 aliphatic rings. The van der Waals surface area contributed by atoms with Crippen molar-refractivity contribution in [1.29, 1.82) is 0 Å². The molecule has 3 heterocycles. The minimum Gasteiger partial charge on any atom is -0.329 e. The molecule has 1 aromatic rings. The Balaban J connectivity index is 1.66. The van der Waals surface area contributed by atoms with Crippen molar-refractivity contribution < 1.29 is 9.59 Å². The number of pyridine rings is 1. The predicted molar refractivity (Wildman–Crippen MR) is 90.3 cm³/mol. The maximum absolute atomic E-state index is 11.8. The number of amides is 3. The highest BCUT2D eigenvalue weighted by Crippen LogP contribution is 2.16. The smallest absolute Gasteiger partial charge is 0.324 e. The molecule has 0 spiro atoms. The number of urea groups is 1. The second kappa shape index (κ2) is 8.21. The number of hydrogen-bond acceptors (Lipinski definition) is 5. The minimum atomic E-state index is -0.277. The van der Waals surface area contributed by atoms with E-state index in [1.807, 2.05) is 18.2 Å². The third kappa shape index (κ3) is 4.30. The van der Waals surface area contributed by atoms with Gasteiger partial charge < -0.3 is 10.6 Å². The normalized spacial score (nSPS) is 21.9. The maximum atomic E-state index is 11.8. The molecule has 1 aromatic heterocycles. The fraction of sp³-hybridized carbons (Fsp3) is 0.588. The Labute approximate surface area is 142 Å². The highest BCUT2D eigenvalue weighted by atomic mass is 16.2. The van der Waals surface area contributed by atoms with Crippen LogP contribution in [0, 0.1) is 0 Å². The Bertz CT molecular complexity index is 541. The fourth-order valence-corrected chi connectivity index (χ4v) is 3.37. The Morgan fingerprint density at radius 2 is 2.17 bits per heavy atom. The molecule has 0 saturated carbocycles. The summed E-state index contributed by atoms with van der Waals surface area (Å²) in [4.78, 5) is 31.6. The van der Waals surface area contributed by atoms with Gasteiger partial charge in [-0.05, 0) is 44.5 Å². The summed E-state index contributed by atoms with van der Waals surface area (Å²) in [5, 5.41) is 6.02. The minimum absolute atomic E-state index is 0.117. The summed E-state index contributed by atoms with van der Waals surface area (Å²) in [7, 11) is 0. The summed E-state index contributed by atoms with van der Waals surface area (Å²) in [6.45, 7) is 4.04. The average molecular weight is 331 g/mol. The second-order valence-corrected chi connectivity index (χ2v) is 6.33. The van der Waals surface area contributed by atoms with Crippen molar-refractivity contribution in [3.8, 4) is 0 Å². The van der Waals surface area contributed by atoms with Crippen LogP contribution in [0.4, 0.5) is 4.79 Å². The standard InChI is InChI=1S/C17H25N5O2/c23-16-12-20-17(24)22(16)11-10-21(13-14-4-1-2-8-19-14)15-5-3-7-18-9-6-15/h1-2,4,8,15,18H,3,5-7,9-13H2,(H,20,24)/t15-/m0/s1. The summed E-state index contributed by atoms with van der Waals surface area (Å²) < 4.78 is 0. The third-order valence-corrected chi connectivity index (χ3v) is 4.70. The van der Waals surface area contributed by atoms with Crippen LogP contribution in [0.25, 0.3) is 0 Å². The molecule has 3 amide bonds. The molecule has 3 rings (SSSR count). The van der Waals surface area contributed by atoms with Gasteiger partial charge in [-0.15, -0.1) is 0 Å². The van der Waals surface area contributed by atoms with E-state index in [2.05, 4.69) is 20.5 Å². The van der Waals surface area contributed by atoms with E-state index in [1.54, 1.807) is 6.20 Å².